The first-order valence-electron chi connectivity index (χ1n) is 2.21. The van der Waals surface area contributed by atoms with Crippen molar-refractivity contribution in [1.29, 1.82) is 0 Å². The van der Waals surface area contributed by atoms with E-state index >= 15 is 0 Å². The molecular weight excluding hydrogens is 126 g/mol. The number of amides is 3. The number of nitrogens with one attached hydrogen (secondary N) is 2. The molecule has 1 unspecified atom stereocenters. The monoisotopic (exact) mass is 131 g/mol. The van der Waals surface area contributed by atoms with Crippen molar-refractivity contribution < 1.29 is 14.4 Å². The van der Waals surface area contributed by atoms with Gasteiger partial charge in [-0.15, -0.1) is 0 Å². The summed E-state index contributed by atoms with van der Waals surface area (Å²) in [6, 6.07) is -0.588. The average Bonchev–Trinajstić information content (AvgIpc) is 2.10. The highest BCUT2D eigenvalue weighted by atomic mass is 16.6. The second-order valence-electron chi connectivity index (χ2n) is 1.48. The molecule has 0 saturated carbocycles. The predicted octanol–water partition coefficient (Wildman–Crippen LogP) is -1.96. The molecule has 1 saturated heterocycles. The molecule has 9 heavy (non-hydrogen) atoms. The van der Waals surface area contributed by atoms with Crippen LogP contribution < -0.4 is 16.5 Å². The van der Waals surface area contributed by atoms with E-state index < -0.39 is 18.2 Å². The fourth-order valence-electron chi connectivity index (χ4n) is 0.494. The van der Waals surface area contributed by atoms with Crippen LogP contribution in [0.2, 0.25) is 0 Å². The maximum atomic E-state index is 10.4. The zero-order valence-electron chi connectivity index (χ0n) is 4.38. The van der Waals surface area contributed by atoms with Gasteiger partial charge < -0.3 is 5.32 Å². The number of nitrogens with two attached hydrogens (primary N) is 1. The zero-order chi connectivity index (χ0) is 6.85. The number of hydrogen-bond donors (Lipinski definition) is 3. The van der Waals surface area contributed by atoms with Crippen LogP contribution in [-0.2, 0) is 9.63 Å². The molecule has 6 nitrogen and oxygen atoms in total. The van der Waals surface area contributed by atoms with E-state index in [-0.39, 0.29) is 0 Å². The van der Waals surface area contributed by atoms with Crippen molar-refractivity contribution in [2.45, 2.75) is 6.23 Å². The molecule has 0 spiro atoms. The van der Waals surface area contributed by atoms with Gasteiger partial charge in [-0.2, -0.15) is 0 Å². The highest BCUT2D eigenvalue weighted by molar-refractivity contribution is 6.03. The van der Waals surface area contributed by atoms with Crippen molar-refractivity contribution in [2.24, 2.45) is 5.90 Å². The molecule has 3 amide bonds. The number of rotatable bonds is 1. The number of hydrogen-bond acceptors (Lipinski definition) is 4. The van der Waals surface area contributed by atoms with E-state index in [1.807, 2.05) is 5.32 Å². The van der Waals surface area contributed by atoms with E-state index in [9.17, 15) is 9.59 Å². The molecule has 6 heteroatoms. The highest BCUT2D eigenvalue weighted by Crippen LogP contribution is 1.89. The van der Waals surface area contributed by atoms with E-state index in [4.69, 9.17) is 0 Å². The molecule has 0 aromatic carbocycles. The third-order valence-corrected chi connectivity index (χ3v) is 0.873. The number of carbonyl (C=O) groups excluding carboxylic acids is 2. The lowest BCUT2D eigenvalue weighted by molar-refractivity contribution is -0.130. The van der Waals surface area contributed by atoms with Gasteiger partial charge in [0.25, 0.3) is 5.91 Å². The molecule has 1 atom stereocenters. The molecule has 1 aliphatic heterocycles. The highest BCUT2D eigenvalue weighted by Gasteiger charge is 2.29. The van der Waals surface area contributed by atoms with Gasteiger partial charge in [-0.1, -0.05) is 0 Å². The summed E-state index contributed by atoms with van der Waals surface area (Å²) in [5.74, 6) is 4.04. The topological polar surface area (TPSA) is 93.4 Å². The Bertz CT molecular complexity index is 156. The maximum absolute atomic E-state index is 10.4. The van der Waals surface area contributed by atoms with E-state index in [2.05, 4.69) is 16.1 Å². The van der Waals surface area contributed by atoms with Gasteiger partial charge in [-0.3, -0.25) is 14.9 Å². The normalized spacial score (nSPS) is 25.7. The smallest absolute Gasteiger partial charge is 0.303 e. The minimum atomic E-state index is -1.03. The number of urea groups is 1. The van der Waals surface area contributed by atoms with Gasteiger partial charge in [0.05, 0.1) is 0 Å². The Kier molecular flexibility index (Phi) is 1.33. The van der Waals surface area contributed by atoms with Crippen molar-refractivity contribution in [3.8, 4) is 0 Å². The van der Waals surface area contributed by atoms with Crippen molar-refractivity contribution in [3.63, 3.8) is 0 Å². The van der Waals surface area contributed by atoms with Crippen molar-refractivity contribution in [1.82, 2.24) is 10.6 Å². The van der Waals surface area contributed by atoms with E-state index in [0.717, 1.165) is 0 Å². The Hall–Kier alpha value is -1.14. The summed E-state index contributed by atoms with van der Waals surface area (Å²) in [5, 5.41) is 4.03. The second kappa shape index (κ2) is 2.00. The van der Waals surface area contributed by atoms with Crippen LogP contribution in [0, 0.1) is 0 Å². The van der Waals surface area contributed by atoms with Crippen LogP contribution >= 0.6 is 0 Å². The second-order valence-corrected chi connectivity index (χ2v) is 1.48. The molecule has 4 N–H and O–H groups in total. The first kappa shape index (κ1) is 5.99. The van der Waals surface area contributed by atoms with Gasteiger partial charge in [-0.05, 0) is 0 Å². The molecular formula is C3H5N3O3. The van der Waals surface area contributed by atoms with Gasteiger partial charge in [-0.25, -0.2) is 10.7 Å². The van der Waals surface area contributed by atoms with Crippen molar-refractivity contribution in [2.75, 3.05) is 0 Å². The molecule has 50 valence electrons. The van der Waals surface area contributed by atoms with Crippen LogP contribution in [0.4, 0.5) is 4.79 Å². The molecule has 1 rings (SSSR count). The van der Waals surface area contributed by atoms with Crippen LogP contribution in [0.5, 0.6) is 0 Å². The summed E-state index contributed by atoms with van der Waals surface area (Å²) in [6.45, 7) is 0. The van der Waals surface area contributed by atoms with E-state index in [0.29, 0.717) is 0 Å². The Morgan fingerprint density at radius 1 is 1.56 bits per heavy atom. The summed E-state index contributed by atoms with van der Waals surface area (Å²) >= 11 is 0. The summed E-state index contributed by atoms with van der Waals surface area (Å²) in [4.78, 5) is 24.7. The third kappa shape index (κ3) is 0.980. The Balaban J connectivity index is 2.58. The van der Waals surface area contributed by atoms with Crippen LogP contribution in [-0.4, -0.2) is 18.2 Å². The van der Waals surface area contributed by atoms with Crippen LogP contribution in [0.3, 0.4) is 0 Å². The van der Waals surface area contributed by atoms with Crippen LogP contribution in [0.1, 0.15) is 0 Å². The Labute approximate surface area is 50.3 Å². The molecule has 0 radical (unpaired) electrons. The maximum Gasteiger partial charge on any atom is 0.324 e. The number of carbonyl (C=O) groups is 2. The van der Waals surface area contributed by atoms with Gasteiger partial charge in [0, 0.05) is 0 Å². The summed E-state index contributed by atoms with van der Waals surface area (Å²) < 4.78 is 0. The first-order chi connectivity index (χ1) is 4.24. The molecule has 0 bridgehead atoms. The summed E-state index contributed by atoms with van der Waals surface area (Å²) in [6.07, 6.45) is -1.03. The van der Waals surface area contributed by atoms with Gasteiger partial charge in [0.1, 0.15) is 0 Å². The molecule has 1 heterocycles. The zero-order valence-corrected chi connectivity index (χ0v) is 4.38. The standard InChI is InChI=1S/C3H5N3O3/c4-9-2-1(7)5-3(8)6-2/h2H,4H2,(H2,5,6,7,8). The average molecular weight is 131 g/mol. The molecule has 0 aliphatic carbocycles. The lowest BCUT2D eigenvalue weighted by Gasteiger charge is -1.99. The minimum absolute atomic E-state index is 0.567. The summed E-state index contributed by atoms with van der Waals surface area (Å²) in [7, 11) is 0. The van der Waals surface area contributed by atoms with Crippen LogP contribution in [0.25, 0.3) is 0 Å². The quantitative estimate of drug-likeness (QED) is 0.284. The number of imide groups is 1. The molecule has 0 aromatic heterocycles. The minimum Gasteiger partial charge on any atom is -0.303 e. The predicted molar refractivity (Wildman–Crippen MR) is 25.7 cm³/mol. The van der Waals surface area contributed by atoms with Crippen molar-refractivity contribution in [3.05, 3.63) is 0 Å². The van der Waals surface area contributed by atoms with Crippen molar-refractivity contribution >= 4 is 11.9 Å². The Morgan fingerprint density at radius 2 is 2.22 bits per heavy atom. The van der Waals surface area contributed by atoms with Crippen LogP contribution in [0.15, 0.2) is 0 Å². The molecule has 1 aliphatic rings. The van der Waals surface area contributed by atoms with Gasteiger partial charge in [0.2, 0.25) is 6.23 Å². The van der Waals surface area contributed by atoms with Gasteiger partial charge >= 0.3 is 6.03 Å². The van der Waals surface area contributed by atoms with E-state index in [1.165, 1.54) is 0 Å². The lowest BCUT2D eigenvalue weighted by atomic mass is 10.6. The largest absolute Gasteiger partial charge is 0.324 e. The third-order valence-electron chi connectivity index (χ3n) is 0.873. The Morgan fingerprint density at radius 3 is 2.44 bits per heavy atom. The fourth-order valence-corrected chi connectivity index (χ4v) is 0.494. The lowest BCUT2D eigenvalue weighted by Crippen LogP contribution is -2.34. The molecule has 0 aromatic rings. The van der Waals surface area contributed by atoms with Gasteiger partial charge in [0.15, 0.2) is 0 Å². The first-order valence-corrected chi connectivity index (χ1v) is 2.21. The SMILES string of the molecule is NOC1NC(=O)NC1=O. The fraction of sp³-hybridized carbons (Fsp3) is 0.333. The van der Waals surface area contributed by atoms with E-state index in [1.54, 1.807) is 0 Å². The molecule has 1 fully saturated rings. The summed E-state index contributed by atoms with van der Waals surface area (Å²) in [5.41, 5.74) is 0.